The van der Waals surface area contributed by atoms with Crippen LogP contribution in [0.3, 0.4) is 0 Å². The third-order valence-electron chi connectivity index (χ3n) is 11.6. The Kier molecular flexibility index (Phi) is 28.5. The van der Waals surface area contributed by atoms with Gasteiger partial charge in [0.15, 0.2) is 0 Å². The molecule has 7 heterocycles. The smallest absolute Gasteiger partial charge is 1.00 e. The number of nitrogens with one attached hydrogen (secondary N) is 4. The number of rotatable bonds is 12. The van der Waals surface area contributed by atoms with Gasteiger partial charge in [0.2, 0.25) is 17.7 Å². The zero-order valence-corrected chi connectivity index (χ0v) is 48.4. The topological polar surface area (TPSA) is 242 Å². The molecule has 0 unspecified atom stereocenters. The molecule has 0 radical (unpaired) electrons. The molecule has 5 N–H and O–H groups in total. The summed E-state index contributed by atoms with van der Waals surface area (Å²) in [5, 5.41) is 30.3. The van der Waals surface area contributed by atoms with Crippen LogP contribution in [0, 0.1) is 0 Å². The van der Waals surface area contributed by atoms with Crippen LogP contribution in [-0.2, 0) is 69.3 Å². The van der Waals surface area contributed by atoms with E-state index in [9.17, 15) is 14.4 Å². The van der Waals surface area contributed by atoms with Crippen molar-refractivity contribution in [3.63, 3.8) is 0 Å². The SMILES string of the molecule is O=C1CCc2ccc(O)cc2N1.O=C1CCc2ccc(OCCCCBr)cc2N1.O=C1CCc2ccc(OCCCCN3CCc4ncncc4C3)cc2N1.O=CO[O-].[H-].[K+].[K+].c1ncc2c(n1)CCNC2. The van der Waals surface area contributed by atoms with Crippen LogP contribution in [0.15, 0.2) is 79.6 Å². The standard InChI is InChI=1S/C20H24N4O2.C13H16BrNO2.C9H9NO2.C7H9N3.CH2O3.2K.H/c25-20-6-4-15-3-5-17(11-19(15)23-20)26-10-2-1-8-24-9-7-18-16(13-24)12-21-14-22-18;14-7-1-2-8-17-11-5-3-10-4-6-13(16)15-12(10)9-11;11-7-3-1-6-2-4-9(12)10-8(6)5-7;1-2-8-3-6-4-9-5-10-7(1)6;2-1-4-3;;;/h3,5,11-12,14H,1-2,4,6-10,13H2,(H,23,25);3,5,9H,1-2,4,6-8H2,(H,15,16);1,3,5,11H,2,4H2,(H,10,12);4-5,8H,1-3H2;1,3H;;;/q;;;;;2*+1;-1/p-1. The molecule has 10 rings (SSSR count). The van der Waals surface area contributed by atoms with Gasteiger partial charge in [-0.05, 0) is 86.4 Å². The minimum atomic E-state index is -0.181. The average Bonchev–Trinajstić information content (AvgIpc) is 3.38. The first-order chi connectivity index (χ1) is 33.7. The predicted molar refractivity (Wildman–Crippen MR) is 262 cm³/mol. The number of ether oxygens (including phenoxy) is 2. The summed E-state index contributed by atoms with van der Waals surface area (Å²) in [4.78, 5) is 64.0. The Hall–Kier alpha value is -3.27. The number of aromatic hydroxyl groups is 1. The van der Waals surface area contributed by atoms with Gasteiger partial charge in [-0.2, -0.15) is 0 Å². The molecule has 18 nitrogen and oxygen atoms in total. The number of halogens is 1. The van der Waals surface area contributed by atoms with Crippen molar-refractivity contribution in [1.82, 2.24) is 30.2 Å². The number of nitrogens with zero attached hydrogens (tertiary/aromatic N) is 5. The van der Waals surface area contributed by atoms with E-state index in [0.717, 1.165) is 137 Å². The van der Waals surface area contributed by atoms with Gasteiger partial charge in [0.1, 0.15) is 29.9 Å². The summed E-state index contributed by atoms with van der Waals surface area (Å²) in [5.41, 5.74) is 10.9. The van der Waals surface area contributed by atoms with Crippen LogP contribution in [0.4, 0.5) is 17.1 Å². The summed E-state index contributed by atoms with van der Waals surface area (Å²) in [7, 11) is 0. The number of phenols is 1. The second kappa shape index (κ2) is 33.5. The van der Waals surface area contributed by atoms with E-state index in [-0.39, 0.29) is 134 Å². The largest absolute Gasteiger partial charge is 1.00 e. The van der Waals surface area contributed by atoms with Crippen molar-refractivity contribution < 1.29 is 148 Å². The number of amides is 3. The Morgan fingerprint density at radius 1 is 0.662 bits per heavy atom. The number of carbonyl (C=O) groups is 4. The number of unbranched alkanes of at least 4 members (excludes halogenated alkanes) is 2. The van der Waals surface area contributed by atoms with Gasteiger partial charge in [0.05, 0.1) is 13.2 Å². The van der Waals surface area contributed by atoms with Crippen molar-refractivity contribution >= 4 is 57.2 Å². The normalized spacial score (nSPS) is 14.6. The number of anilines is 3. The van der Waals surface area contributed by atoms with E-state index in [1.807, 2.05) is 48.8 Å². The molecule has 5 aliphatic rings. The average molecular weight is 1090 g/mol. The number of carbonyl (C=O) groups excluding carboxylic acids is 4. The molecule has 2 aromatic heterocycles. The predicted octanol–water partition coefficient (Wildman–Crippen LogP) is -0.342. The molecule has 5 aromatic rings. The maximum absolute atomic E-state index is 11.5. The molecule has 0 saturated heterocycles. The number of benzene rings is 3. The number of aryl methyl sites for hydroxylation is 3. The summed E-state index contributed by atoms with van der Waals surface area (Å²) in [6, 6.07) is 17.0. The molecule has 71 heavy (non-hydrogen) atoms. The van der Waals surface area contributed by atoms with Gasteiger partial charge in [-0.15, -0.1) is 0 Å². The Bertz CT molecular complexity index is 2480. The number of phenolic OH excluding ortho intramolecular Hbond substituents is 1. The summed E-state index contributed by atoms with van der Waals surface area (Å²) in [5.74, 6) is 2.05. The first-order valence-electron chi connectivity index (χ1n) is 23.2. The Morgan fingerprint density at radius 3 is 1.70 bits per heavy atom. The Labute approximate surface area is 509 Å². The van der Waals surface area contributed by atoms with E-state index in [0.29, 0.717) is 25.9 Å². The van der Waals surface area contributed by atoms with Crippen molar-refractivity contribution in [3.8, 4) is 17.2 Å². The van der Waals surface area contributed by atoms with E-state index in [1.165, 1.54) is 33.6 Å². The maximum Gasteiger partial charge on any atom is 1.00 e. The molecular formula is C50H60BrK2N9O9. The Balaban J connectivity index is 0.000000258. The van der Waals surface area contributed by atoms with Crippen molar-refractivity contribution in [1.29, 1.82) is 0 Å². The van der Waals surface area contributed by atoms with Crippen LogP contribution in [0.1, 0.15) is 85.6 Å². The third kappa shape index (κ3) is 20.9. The molecule has 0 bridgehead atoms. The van der Waals surface area contributed by atoms with Gasteiger partial charge in [0.25, 0.3) is 6.47 Å². The third-order valence-corrected chi connectivity index (χ3v) is 12.2. The van der Waals surface area contributed by atoms with Crippen LogP contribution in [-0.4, -0.2) is 92.3 Å². The van der Waals surface area contributed by atoms with E-state index in [1.54, 1.807) is 24.8 Å². The van der Waals surface area contributed by atoms with Crippen molar-refractivity contribution in [2.45, 2.75) is 90.1 Å². The van der Waals surface area contributed by atoms with Crippen molar-refractivity contribution in [3.05, 3.63) is 119 Å². The van der Waals surface area contributed by atoms with Crippen LogP contribution >= 0.6 is 15.9 Å². The quantitative estimate of drug-likeness (QED) is 0.0268. The van der Waals surface area contributed by atoms with E-state index >= 15 is 0 Å². The minimum Gasteiger partial charge on any atom is -1.00 e. The summed E-state index contributed by atoms with van der Waals surface area (Å²) >= 11 is 3.39. The first-order valence-corrected chi connectivity index (χ1v) is 24.3. The second-order valence-corrected chi connectivity index (χ2v) is 17.4. The fourth-order valence-corrected chi connectivity index (χ4v) is 8.35. The van der Waals surface area contributed by atoms with Gasteiger partial charge in [-0.25, -0.2) is 19.9 Å². The molecule has 0 spiro atoms. The molecule has 0 aliphatic carbocycles. The molecule has 3 amide bonds. The summed E-state index contributed by atoms with van der Waals surface area (Å²) in [6.07, 6.45) is 17.5. The summed E-state index contributed by atoms with van der Waals surface area (Å²) < 4.78 is 11.5. The number of fused-ring (bicyclic) bond motifs is 5. The van der Waals surface area contributed by atoms with Gasteiger partial charge in [0, 0.05) is 134 Å². The van der Waals surface area contributed by atoms with Gasteiger partial charge in [-0.1, -0.05) is 34.1 Å². The molecule has 0 atom stereocenters. The number of aromatic nitrogens is 4. The number of hydrogen-bond acceptors (Lipinski definition) is 15. The fourth-order valence-electron chi connectivity index (χ4n) is 7.96. The Morgan fingerprint density at radius 2 is 1.17 bits per heavy atom. The number of hydrogen-bond donors (Lipinski definition) is 5. The zero-order valence-electron chi connectivity index (χ0n) is 41.6. The molecule has 368 valence electrons. The van der Waals surface area contributed by atoms with Crippen LogP contribution < -0.4 is 139 Å². The first kappa shape index (κ1) is 60.3. The molecule has 5 aliphatic heterocycles. The van der Waals surface area contributed by atoms with Crippen molar-refractivity contribution in [2.75, 3.05) is 54.1 Å². The minimum absolute atomic E-state index is 0. The summed E-state index contributed by atoms with van der Waals surface area (Å²) in [6.45, 7) is 6.29. The van der Waals surface area contributed by atoms with E-state index < -0.39 is 0 Å². The second-order valence-electron chi connectivity index (χ2n) is 16.6. The van der Waals surface area contributed by atoms with E-state index in [2.05, 4.69) is 73.0 Å². The molecule has 3 aromatic carbocycles. The maximum atomic E-state index is 11.5. The number of alkyl halides is 1. The van der Waals surface area contributed by atoms with E-state index in [4.69, 9.17) is 24.6 Å². The van der Waals surface area contributed by atoms with Crippen molar-refractivity contribution in [2.24, 2.45) is 0 Å². The molecule has 21 heteroatoms. The monoisotopic (exact) mass is 1090 g/mol. The van der Waals surface area contributed by atoms with Crippen LogP contribution in [0.5, 0.6) is 17.2 Å². The molecule has 0 saturated carbocycles. The van der Waals surface area contributed by atoms with Crippen LogP contribution in [0.25, 0.3) is 0 Å². The molecule has 0 fully saturated rings. The van der Waals surface area contributed by atoms with Gasteiger partial charge < -0.3 is 47.4 Å². The van der Waals surface area contributed by atoms with Gasteiger partial charge >= 0.3 is 103 Å². The molecular weight excluding hydrogens is 1030 g/mol. The fraction of sp³-hybridized carbons (Fsp3) is 0.400. The van der Waals surface area contributed by atoms with Crippen LogP contribution in [0.2, 0.25) is 0 Å². The zero-order chi connectivity index (χ0) is 48.6. The van der Waals surface area contributed by atoms with Gasteiger partial charge in [-0.3, -0.25) is 24.1 Å².